The molecule has 3 aromatic rings. The summed E-state index contributed by atoms with van der Waals surface area (Å²) in [4.78, 5) is 28.9. The lowest BCUT2D eigenvalue weighted by molar-refractivity contribution is -0.112. The Labute approximate surface area is 209 Å². The first-order valence-corrected chi connectivity index (χ1v) is 10.8. The van der Waals surface area contributed by atoms with Gasteiger partial charge in [0.2, 0.25) is 11.8 Å². The van der Waals surface area contributed by atoms with Crippen LogP contribution in [-0.4, -0.2) is 45.2 Å². The van der Waals surface area contributed by atoms with Gasteiger partial charge in [-0.15, -0.1) is 0 Å². The van der Waals surface area contributed by atoms with Crippen molar-refractivity contribution in [2.24, 2.45) is 0 Å². The third-order valence-electron chi connectivity index (χ3n) is 4.92. The van der Waals surface area contributed by atoms with Crippen molar-refractivity contribution in [3.63, 3.8) is 0 Å². The number of carbonyl (C=O) groups excluding carboxylic acids is 2. The maximum Gasteiger partial charge on any atom is 0.249 e. The average molecular weight is 490 g/mol. The topological polar surface area (TPSA) is 108 Å². The second-order valence-corrected chi connectivity index (χ2v) is 7.28. The van der Waals surface area contributed by atoms with Crippen LogP contribution in [-0.2, 0) is 9.59 Å². The van der Waals surface area contributed by atoms with Gasteiger partial charge in [0, 0.05) is 12.2 Å². The number of ether oxygens (including phenoxy) is 4. The molecule has 0 spiro atoms. The molecule has 9 nitrogen and oxygen atoms in total. The number of aromatic nitrogens is 1. The van der Waals surface area contributed by atoms with E-state index < -0.39 is 0 Å². The van der Waals surface area contributed by atoms with Crippen LogP contribution in [0.1, 0.15) is 11.1 Å². The fourth-order valence-corrected chi connectivity index (χ4v) is 3.17. The highest BCUT2D eigenvalue weighted by Crippen LogP contribution is 2.29. The minimum atomic E-state index is -0.380. The van der Waals surface area contributed by atoms with Crippen LogP contribution in [0, 0.1) is 0 Å². The molecule has 0 radical (unpaired) electrons. The molecule has 1 aromatic heterocycles. The molecule has 2 amide bonds. The number of methoxy groups -OCH3 is 4. The summed E-state index contributed by atoms with van der Waals surface area (Å²) in [6.45, 7) is 0. The summed E-state index contributed by atoms with van der Waals surface area (Å²) >= 11 is 0. The monoisotopic (exact) mass is 489 g/mol. The SMILES string of the molecule is COc1ccc(/C=C\C(=O)Nc2cccc(NC(=O)/C=C\c3ccc(OC)c(OC)c3)n2)cc1OC. The molecule has 2 aromatic carbocycles. The molecule has 186 valence electrons. The quantitative estimate of drug-likeness (QED) is 0.406. The maximum absolute atomic E-state index is 12.3. The Bertz CT molecular complexity index is 1190. The van der Waals surface area contributed by atoms with E-state index in [4.69, 9.17) is 18.9 Å². The third-order valence-corrected chi connectivity index (χ3v) is 4.92. The van der Waals surface area contributed by atoms with E-state index >= 15 is 0 Å². The van der Waals surface area contributed by atoms with E-state index in [-0.39, 0.29) is 11.8 Å². The summed E-state index contributed by atoms with van der Waals surface area (Å²) in [7, 11) is 6.20. The fourth-order valence-electron chi connectivity index (χ4n) is 3.17. The maximum atomic E-state index is 12.3. The zero-order valence-electron chi connectivity index (χ0n) is 20.4. The summed E-state index contributed by atoms with van der Waals surface area (Å²) in [5.41, 5.74) is 1.52. The number of nitrogens with zero attached hydrogens (tertiary/aromatic N) is 1. The summed E-state index contributed by atoms with van der Waals surface area (Å²) in [6, 6.07) is 15.5. The number of hydrogen-bond acceptors (Lipinski definition) is 7. The molecule has 2 N–H and O–H groups in total. The van der Waals surface area contributed by atoms with Crippen LogP contribution in [0.15, 0.2) is 66.7 Å². The van der Waals surface area contributed by atoms with E-state index in [1.807, 2.05) is 0 Å². The largest absolute Gasteiger partial charge is 0.493 e. The van der Waals surface area contributed by atoms with Crippen LogP contribution in [0.5, 0.6) is 23.0 Å². The van der Waals surface area contributed by atoms with Gasteiger partial charge in [0.25, 0.3) is 0 Å². The molecule has 0 aliphatic rings. The second-order valence-electron chi connectivity index (χ2n) is 7.28. The molecule has 36 heavy (non-hydrogen) atoms. The molecule has 0 unspecified atom stereocenters. The molecule has 0 atom stereocenters. The van der Waals surface area contributed by atoms with Gasteiger partial charge in [0.1, 0.15) is 11.6 Å². The summed E-state index contributed by atoms with van der Waals surface area (Å²) < 4.78 is 21.0. The second kappa shape index (κ2) is 12.6. The molecule has 0 aliphatic carbocycles. The normalized spacial score (nSPS) is 10.8. The number of pyridine rings is 1. The Morgan fingerprint density at radius 1 is 0.639 bits per heavy atom. The van der Waals surface area contributed by atoms with Crippen LogP contribution in [0.3, 0.4) is 0 Å². The lowest BCUT2D eigenvalue weighted by Crippen LogP contribution is -2.12. The lowest BCUT2D eigenvalue weighted by Gasteiger charge is -2.08. The van der Waals surface area contributed by atoms with Crippen LogP contribution in [0.2, 0.25) is 0 Å². The zero-order valence-corrected chi connectivity index (χ0v) is 20.4. The predicted octanol–water partition coefficient (Wildman–Crippen LogP) is 4.42. The van der Waals surface area contributed by atoms with Gasteiger partial charge in [0.15, 0.2) is 23.0 Å². The van der Waals surface area contributed by atoms with Crippen molar-refractivity contribution < 1.29 is 28.5 Å². The van der Waals surface area contributed by atoms with Crippen LogP contribution in [0.4, 0.5) is 11.6 Å². The number of amides is 2. The smallest absolute Gasteiger partial charge is 0.249 e. The molecule has 9 heteroatoms. The van der Waals surface area contributed by atoms with Crippen molar-refractivity contribution in [2.75, 3.05) is 39.1 Å². The van der Waals surface area contributed by atoms with Gasteiger partial charge < -0.3 is 29.6 Å². The van der Waals surface area contributed by atoms with Crippen LogP contribution < -0.4 is 29.6 Å². The molecule has 0 aliphatic heterocycles. The van der Waals surface area contributed by atoms with Crippen molar-refractivity contribution in [2.45, 2.75) is 0 Å². The predicted molar refractivity (Wildman–Crippen MR) is 139 cm³/mol. The van der Waals surface area contributed by atoms with Gasteiger partial charge in [-0.25, -0.2) is 4.98 Å². The number of carbonyl (C=O) groups is 2. The Morgan fingerprint density at radius 2 is 1.06 bits per heavy atom. The molecule has 0 saturated carbocycles. The minimum absolute atomic E-state index is 0.290. The molecule has 3 rings (SSSR count). The van der Waals surface area contributed by atoms with Gasteiger partial charge >= 0.3 is 0 Å². The fraction of sp³-hybridized carbons (Fsp3) is 0.148. The minimum Gasteiger partial charge on any atom is -0.493 e. The van der Waals surface area contributed by atoms with Crippen molar-refractivity contribution >= 4 is 35.6 Å². The highest BCUT2D eigenvalue weighted by atomic mass is 16.5. The average Bonchev–Trinajstić information content (AvgIpc) is 2.90. The van der Waals surface area contributed by atoms with E-state index in [0.717, 1.165) is 11.1 Å². The number of nitrogens with one attached hydrogen (secondary N) is 2. The third kappa shape index (κ3) is 7.10. The molecular weight excluding hydrogens is 462 g/mol. The number of rotatable bonds is 10. The molecule has 0 bridgehead atoms. The standard InChI is InChI=1S/C27H27N3O6/c1-33-20-12-8-18(16-22(20)35-3)10-14-26(31)29-24-6-5-7-25(28-24)30-27(32)15-11-19-9-13-21(34-2)23(17-19)36-4/h5-17H,1-4H3,(H2,28,29,30,31,32)/b14-10-,15-11-. The first kappa shape index (κ1) is 25.8. The lowest BCUT2D eigenvalue weighted by atomic mass is 10.2. The Morgan fingerprint density at radius 3 is 1.44 bits per heavy atom. The summed E-state index contributed by atoms with van der Waals surface area (Å²) in [5, 5.41) is 5.34. The Hall–Kier alpha value is -4.79. The summed E-state index contributed by atoms with van der Waals surface area (Å²) in [5.74, 6) is 2.14. The van der Waals surface area contributed by atoms with Crippen LogP contribution in [0.25, 0.3) is 12.2 Å². The van der Waals surface area contributed by atoms with Gasteiger partial charge in [0.05, 0.1) is 28.4 Å². The van der Waals surface area contributed by atoms with Crippen LogP contribution >= 0.6 is 0 Å². The van der Waals surface area contributed by atoms with E-state index in [1.165, 1.54) is 12.2 Å². The molecule has 0 fully saturated rings. The van der Waals surface area contributed by atoms with Gasteiger partial charge in [-0.1, -0.05) is 18.2 Å². The van der Waals surface area contributed by atoms with Crippen molar-refractivity contribution in [1.82, 2.24) is 4.98 Å². The first-order valence-electron chi connectivity index (χ1n) is 10.8. The molecular formula is C27H27N3O6. The number of anilines is 2. The summed E-state index contributed by atoms with van der Waals surface area (Å²) in [6.07, 6.45) is 6.03. The zero-order chi connectivity index (χ0) is 25.9. The van der Waals surface area contributed by atoms with Gasteiger partial charge in [-0.2, -0.15) is 0 Å². The van der Waals surface area contributed by atoms with E-state index in [2.05, 4.69) is 15.6 Å². The van der Waals surface area contributed by atoms with Crippen molar-refractivity contribution in [3.8, 4) is 23.0 Å². The molecule has 1 heterocycles. The van der Waals surface area contributed by atoms with E-state index in [9.17, 15) is 9.59 Å². The van der Waals surface area contributed by atoms with Crippen molar-refractivity contribution in [3.05, 3.63) is 77.9 Å². The Kier molecular flexibility index (Phi) is 9.05. The van der Waals surface area contributed by atoms with Gasteiger partial charge in [-0.05, 0) is 59.7 Å². The van der Waals surface area contributed by atoms with Crippen molar-refractivity contribution in [1.29, 1.82) is 0 Å². The number of benzene rings is 2. The number of hydrogen-bond donors (Lipinski definition) is 2. The molecule has 0 saturated heterocycles. The van der Waals surface area contributed by atoms with E-state index in [1.54, 1.807) is 95.2 Å². The first-order chi connectivity index (χ1) is 17.4. The van der Waals surface area contributed by atoms with E-state index in [0.29, 0.717) is 34.6 Å². The highest BCUT2D eigenvalue weighted by molar-refractivity contribution is 6.03. The highest BCUT2D eigenvalue weighted by Gasteiger charge is 2.06. The Balaban J connectivity index is 1.60. The van der Waals surface area contributed by atoms with Gasteiger partial charge in [-0.3, -0.25) is 9.59 Å².